The van der Waals surface area contributed by atoms with Crippen molar-refractivity contribution in [2.75, 3.05) is 23.0 Å². The van der Waals surface area contributed by atoms with Gasteiger partial charge in [-0.3, -0.25) is 15.0 Å². The number of anilines is 3. The minimum atomic E-state index is -0.699. The van der Waals surface area contributed by atoms with Gasteiger partial charge in [-0.1, -0.05) is 6.07 Å². The Hall–Kier alpha value is -2.88. The highest BCUT2D eigenvalue weighted by atomic mass is 127. The van der Waals surface area contributed by atoms with Gasteiger partial charge in [-0.2, -0.15) is 0 Å². The number of primary amides is 1. The summed E-state index contributed by atoms with van der Waals surface area (Å²) in [5.41, 5.74) is 7.58. The van der Waals surface area contributed by atoms with E-state index >= 15 is 0 Å². The van der Waals surface area contributed by atoms with Crippen LogP contribution < -0.4 is 21.7 Å². The quantitative estimate of drug-likeness (QED) is 0.196. The van der Waals surface area contributed by atoms with Gasteiger partial charge in [0.25, 0.3) is 0 Å². The van der Waals surface area contributed by atoms with E-state index < -0.39 is 11.8 Å². The molecule has 6 N–H and O–H groups in total. The molecule has 0 heterocycles. The maximum atomic E-state index is 11.8. The molecule has 134 valence electrons. The lowest BCUT2D eigenvalue weighted by Crippen LogP contribution is -2.16. The normalized spacial score (nSPS) is 10.4. The number of carbonyl (C=O) groups excluding carboxylic acids is 2. The van der Waals surface area contributed by atoms with E-state index in [4.69, 9.17) is 11.1 Å². The lowest BCUT2D eigenvalue weighted by atomic mass is 10.1. The number of halogens is 1. The van der Waals surface area contributed by atoms with Crippen LogP contribution in [0.5, 0.6) is 0 Å². The van der Waals surface area contributed by atoms with Crippen molar-refractivity contribution in [1.82, 2.24) is 0 Å². The molecule has 2 aromatic carbocycles. The van der Waals surface area contributed by atoms with Gasteiger partial charge in [-0.15, -0.1) is 0 Å². The number of benzene rings is 2. The van der Waals surface area contributed by atoms with Gasteiger partial charge >= 0.3 is 0 Å². The predicted octanol–water partition coefficient (Wildman–Crippen LogP) is 2.75. The second-order valence-electron chi connectivity index (χ2n) is 5.25. The number of amidine groups is 1. The van der Waals surface area contributed by atoms with Crippen molar-refractivity contribution in [1.29, 1.82) is 5.41 Å². The van der Waals surface area contributed by atoms with Crippen LogP contribution in [0, 0.1) is 8.98 Å². The smallest absolute Gasteiger partial charge is 0.248 e. The number of hydrogen-bond acceptors (Lipinski definition) is 4. The molecule has 0 fully saturated rings. The van der Waals surface area contributed by atoms with Crippen molar-refractivity contribution >= 4 is 57.3 Å². The van der Waals surface area contributed by atoms with Gasteiger partial charge in [0.05, 0.1) is 0 Å². The van der Waals surface area contributed by atoms with Crippen LogP contribution in [0.4, 0.5) is 17.1 Å². The lowest BCUT2D eigenvalue weighted by molar-refractivity contribution is -0.115. The third-order valence-electron chi connectivity index (χ3n) is 3.32. The standard InChI is InChI=1S/C18H18IN5O2/c1-22-15-6-5-13(23-17(26)8-7-16(20)25)10-14(15)18(21)24-12-4-2-3-11(19)9-12/h2-10,22H,1H3,(H2,20,25)(H2,21,24)(H,23,26)/b8-7-. The Balaban J connectivity index is 2.22. The Kier molecular flexibility index (Phi) is 6.73. The third kappa shape index (κ3) is 5.59. The molecular formula is C18H18IN5O2. The molecule has 0 radical (unpaired) electrons. The number of nitrogens with two attached hydrogens (primary N) is 1. The molecule has 2 aromatic rings. The summed E-state index contributed by atoms with van der Waals surface area (Å²) in [5.74, 6) is -1.00. The topological polar surface area (TPSA) is 120 Å². The fourth-order valence-corrected chi connectivity index (χ4v) is 2.71. The van der Waals surface area contributed by atoms with Gasteiger partial charge in [0.1, 0.15) is 5.84 Å². The summed E-state index contributed by atoms with van der Waals surface area (Å²) in [6, 6.07) is 12.8. The minimum Gasteiger partial charge on any atom is -0.388 e. The van der Waals surface area contributed by atoms with Crippen LogP contribution in [-0.2, 0) is 9.59 Å². The molecule has 0 aliphatic carbocycles. The van der Waals surface area contributed by atoms with Crippen LogP contribution in [0.2, 0.25) is 0 Å². The van der Waals surface area contributed by atoms with Crippen LogP contribution in [0.15, 0.2) is 54.6 Å². The first-order valence-corrected chi connectivity index (χ1v) is 8.68. The van der Waals surface area contributed by atoms with Crippen LogP contribution in [0.25, 0.3) is 0 Å². The first kappa shape index (κ1) is 19.4. The van der Waals surface area contributed by atoms with E-state index in [1.54, 1.807) is 25.2 Å². The Morgan fingerprint density at radius 2 is 1.81 bits per heavy atom. The molecule has 0 aromatic heterocycles. The van der Waals surface area contributed by atoms with E-state index in [1.807, 2.05) is 24.3 Å². The first-order valence-electron chi connectivity index (χ1n) is 7.61. The van der Waals surface area contributed by atoms with Gasteiger partial charge in [0, 0.05) is 45.4 Å². The molecular weight excluding hydrogens is 445 g/mol. The van der Waals surface area contributed by atoms with E-state index in [9.17, 15) is 9.59 Å². The van der Waals surface area contributed by atoms with Gasteiger partial charge in [-0.05, 0) is 59.0 Å². The van der Waals surface area contributed by atoms with Crippen molar-refractivity contribution in [2.45, 2.75) is 0 Å². The fourth-order valence-electron chi connectivity index (χ4n) is 2.17. The van der Waals surface area contributed by atoms with Gasteiger partial charge < -0.3 is 21.7 Å². The van der Waals surface area contributed by atoms with E-state index in [1.165, 1.54) is 0 Å². The second-order valence-corrected chi connectivity index (χ2v) is 6.49. The second kappa shape index (κ2) is 8.99. The Morgan fingerprint density at radius 3 is 2.46 bits per heavy atom. The predicted molar refractivity (Wildman–Crippen MR) is 113 cm³/mol. The maximum absolute atomic E-state index is 11.8. The SMILES string of the molecule is CNc1ccc(NC(=O)/C=C\C(N)=O)cc1C(=N)Nc1cccc(I)c1. The van der Waals surface area contributed by atoms with E-state index in [0.29, 0.717) is 11.3 Å². The van der Waals surface area contributed by atoms with Crippen molar-refractivity contribution in [3.63, 3.8) is 0 Å². The van der Waals surface area contributed by atoms with Crippen LogP contribution in [-0.4, -0.2) is 24.7 Å². The Labute approximate surface area is 164 Å². The molecule has 26 heavy (non-hydrogen) atoms. The van der Waals surface area contributed by atoms with Crippen LogP contribution in [0.1, 0.15) is 5.56 Å². The Morgan fingerprint density at radius 1 is 1.08 bits per heavy atom. The summed E-state index contributed by atoms with van der Waals surface area (Å²) >= 11 is 2.20. The Bertz CT molecular complexity index is 880. The van der Waals surface area contributed by atoms with Gasteiger partial charge in [0.15, 0.2) is 0 Å². The molecule has 0 spiro atoms. The number of carbonyl (C=O) groups is 2. The third-order valence-corrected chi connectivity index (χ3v) is 3.99. The van der Waals surface area contributed by atoms with Crippen molar-refractivity contribution in [2.24, 2.45) is 5.73 Å². The molecule has 0 atom stereocenters. The van der Waals surface area contributed by atoms with Gasteiger partial charge in [0.2, 0.25) is 11.8 Å². The average molecular weight is 463 g/mol. The number of nitrogens with one attached hydrogen (secondary N) is 4. The van der Waals surface area contributed by atoms with Gasteiger partial charge in [-0.25, -0.2) is 0 Å². The number of amides is 2. The molecule has 0 saturated carbocycles. The molecule has 0 aliphatic rings. The van der Waals surface area contributed by atoms with Crippen LogP contribution in [0.3, 0.4) is 0 Å². The molecule has 0 bridgehead atoms. The largest absolute Gasteiger partial charge is 0.388 e. The number of hydrogen-bond donors (Lipinski definition) is 5. The minimum absolute atomic E-state index is 0.181. The van der Waals surface area contributed by atoms with E-state index in [2.05, 4.69) is 38.5 Å². The highest BCUT2D eigenvalue weighted by Gasteiger charge is 2.10. The monoisotopic (exact) mass is 463 g/mol. The van der Waals surface area contributed by atoms with E-state index in [0.717, 1.165) is 27.1 Å². The van der Waals surface area contributed by atoms with E-state index in [-0.39, 0.29) is 5.84 Å². The summed E-state index contributed by atoms with van der Waals surface area (Å²) in [6.07, 6.45) is 2.04. The first-order chi connectivity index (χ1) is 12.4. The number of rotatable bonds is 6. The molecule has 0 saturated heterocycles. The molecule has 2 amide bonds. The van der Waals surface area contributed by atoms with Crippen molar-refractivity contribution in [3.05, 3.63) is 63.8 Å². The molecule has 0 unspecified atom stereocenters. The van der Waals surface area contributed by atoms with Crippen molar-refractivity contribution < 1.29 is 9.59 Å². The fraction of sp³-hybridized carbons (Fsp3) is 0.0556. The highest BCUT2D eigenvalue weighted by Crippen LogP contribution is 2.22. The molecule has 2 rings (SSSR count). The lowest BCUT2D eigenvalue weighted by Gasteiger charge is -2.14. The van der Waals surface area contributed by atoms with Crippen LogP contribution >= 0.6 is 22.6 Å². The average Bonchev–Trinajstić information content (AvgIpc) is 2.60. The summed E-state index contributed by atoms with van der Waals surface area (Å²) in [5, 5.41) is 17.1. The molecule has 7 nitrogen and oxygen atoms in total. The zero-order valence-corrected chi connectivity index (χ0v) is 16.1. The summed E-state index contributed by atoms with van der Waals surface area (Å²) in [6.45, 7) is 0. The summed E-state index contributed by atoms with van der Waals surface area (Å²) in [7, 11) is 1.76. The zero-order chi connectivity index (χ0) is 19.1. The summed E-state index contributed by atoms with van der Waals surface area (Å²) in [4.78, 5) is 22.5. The summed E-state index contributed by atoms with van der Waals surface area (Å²) < 4.78 is 1.05. The van der Waals surface area contributed by atoms with Crippen molar-refractivity contribution in [3.8, 4) is 0 Å². The highest BCUT2D eigenvalue weighted by molar-refractivity contribution is 14.1. The maximum Gasteiger partial charge on any atom is 0.248 e. The molecule has 8 heteroatoms. The molecule has 0 aliphatic heterocycles. The zero-order valence-electron chi connectivity index (χ0n) is 14.0.